The molecule has 0 atom stereocenters. The summed E-state index contributed by atoms with van der Waals surface area (Å²) < 4.78 is 10.0. The topological polar surface area (TPSA) is 93.3 Å². The van der Waals surface area contributed by atoms with Gasteiger partial charge in [0.2, 0.25) is 5.88 Å². The average Bonchev–Trinajstić information content (AvgIpc) is 2.88. The van der Waals surface area contributed by atoms with Crippen LogP contribution in [0.1, 0.15) is 44.6 Å². The third-order valence-electron chi connectivity index (χ3n) is 3.60. The highest BCUT2D eigenvalue weighted by Gasteiger charge is 2.22. The summed E-state index contributed by atoms with van der Waals surface area (Å²) in [5, 5.41) is 2.80. The minimum Gasteiger partial charge on any atom is -0.481 e. The summed E-state index contributed by atoms with van der Waals surface area (Å²) in [4.78, 5) is 31.4. The van der Waals surface area contributed by atoms with Crippen molar-refractivity contribution in [3.8, 4) is 5.88 Å². The molecule has 2 rings (SSSR count). The van der Waals surface area contributed by atoms with E-state index in [1.807, 2.05) is 6.07 Å². The first-order valence-electron chi connectivity index (χ1n) is 7.61. The first-order chi connectivity index (χ1) is 11.5. The molecule has 2 aromatic heterocycles. The number of carbonyl (C=O) groups is 2. The molecule has 1 amide bonds. The second kappa shape index (κ2) is 7.63. The number of esters is 1. The van der Waals surface area contributed by atoms with Gasteiger partial charge in [0.25, 0.3) is 5.91 Å². The molecule has 0 fully saturated rings. The van der Waals surface area contributed by atoms with Crippen LogP contribution in [0.15, 0.2) is 18.3 Å². The number of nitrogens with one attached hydrogen (secondary N) is 2. The summed E-state index contributed by atoms with van der Waals surface area (Å²) in [6, 6.07) is 3.55. The number of pyridine rings is 1. The Balaban J connectivity index is 2.09. The van der Waals surface area contributed by atoms with E-state index in [1.54, 1.807) is 40.1 Å². The lowest BCUT2D eigenvalue weighted by Gasteiger charge is -2.06. The van der Waals surface area contributed by atoms with Gasteiger partial charge in [0.1, 0.15) is 5.69 Å². The van der Waals surface area contributed by atoms with Gasteiger partial charge >= 0.3 is 5.97 Å². The minimum atomic E-state index is -0.429. The van der Waals surface area contributed by atoms with Crippen molar-refractivity contribution >= 4 is 11.9 Å². The molecule has 0 aliphatic rings. The Labute approximate surface area is 140 Å². The number of amides is 1. The van der Waals surface area contributed by atoms with Crippen molar-refractivity contribution in [3.63, 3.8) is 0 Å². The first-order valence-corrected chi connectivity index (χ1v) is 7.61. The van der Waals surface area contributed by atoms with Crippen molar-refractivity contribution < 1.29 is 19.1 Å². The maximum Gasteiger partial charge on any atom is 0.340 e. The predicted molar refractivity (Wildman–Crippen MR) is 88.2 cm³/mol. The second-order valence-electron chi connectivity index (χ2n) is 5.24. The Kier molecular flexibility index (Phi) is 5.57. The minimum absolute atomic E-state index is 0.287. The molecule has 7 nitrogen and oxygen atoms in total. The predicted octanol–water partition coefficient (Wildman–Crippen LogP) is 2.14. The molecule has 24 heavy (non-hydrogen) atoms. The molecule has 0 aliphatic carbocycles. The molecule has 0 radical (unpaired) electrons. The third-order valence-corrected chi connectivity index (χ3v) is 3.60. The molecule has 0 spiro atoms. The lowest BCUT2D eigenvalue weighted by atomic mass is 10.1. The van der Waals surface area contributed by atoms with Gasteiger partial charge in [-0.25, -0.2) is 9.78 Å². The van der Waals surface area contributed by atoms with Crippen LogP contribution in [0.2, 0.25) is 0 Å². The molecule has 2 heterocycles. The number of hydrogen-bond donors (Lipinski definition) is 2. The van der Waals surface area contributed by atoms with Gasteiger partial charge in [-0.15, -0.1) is 0 Å². The van der Waals surface area contributed by atoms with Gasteiger partial charge in [-0.2, -0.15) is 0 Å². The molecule has 128 valence electrons. The zero-order valence-electron chi connectivity index (χ0n) is 14.2. The van der Waals surface area contributed by atoms with Gasteiger partial charge in [-0.3, -0.25) is 4.79 Å². The third kappa shape index (κ3) is 3.73. The summed E-state index contributed by atoms with van der Waals surface area (Å²) in [5.41, 5.74) is 2.80. The Hall–Kier alpha value is -2.83. The van der Waals surface area contributed by atoms with Gasteiger partial charge in [0, 0.05) is 24.5 Å². The number of methoxy groups -OCH3 is 1. The molecule has 0 unspecified atom stereocenters. The summed E-state index contributed by atoms with van der Waals surface area (Å²) in [6.45, 7) is 5.81. The second-order valence-corrected chi connectivity index (χ2v) is 5.24. The monoisotopic (exact) mass is 331 g/mol. The normalized spacial score (nSPS) is 10.3. The van der Waals surface area contributed by atoms with E-state index in [4.69, 9.17) is 9.47 Å². The van der Waals surface area contributed by atoms with Gasteiger partial charge in [-0.05, 0) is 31.9 Å². The molecular weight excluding hydrogens is 310 g/mol. The highest BCUT2D eigenvalue weighted by atomic mass is 16.5. The summed E-state index contributed by atoms with van der Waals surface area (Å²) in [6.07, 6.45) is 1.63. The molecule has 7 heteroatoms. The van der Waals surface area contributed by atoms with Crippen molar-refractivity contribution in [1.82, 2.24) is 15.3 Å². The quantitative estimate of drug-likeness (QED) is 0.791. The fourth-order valence-electron chi connectivity index (χ4n) is 2.39. The van der Waals surface area contributed by atoms with Crippen LogP contribution in [0.3, 0.4) is 0 Å². The summed E-state index contributed by atoms with van der Waals surface area (Å²) in [7, 11) is 1.54. The largest absolute Gasteiger partial charge is 0.481 e. The summed E-state index contributed by atoms with van der Waals surface area (Å²) >= 11 is 0. The van der Waals surface area contributed by atoms with Crippen LogP contribution < -0.4 is 10.1 Å². The molecular formula is C17H21N3O4. The Morgan fingerprint density at radius 3 is 2.62 bits per heavy atom. The number of ether oxygens (including phenoxy) is 2. The average molecular weight is 331 g/mol. The van der Waals surface area contributed by atoms with Crippen molar-refractivity contribution in [2.24, 2.45) is 0 Å². The van der Waals surface area contributed by atoms with Crippen molar-refractivity contribution in [1.29, 1.82) is 0 Å². The number of nitrogens with zero attached hydrogens (tertiary/aromatic N) is 1. The van der Waals surface area contributed by atoms with E-state index in [2.05, 4.69) is 15.3 Å². The molecule has 0 bridgehead atoms. The lowest BCUT2D eigenvalue weighted by Crippen LogP contribution is -2.24. The first kappa shape index (κ1) is 17.5. The van der Waals surface area contributed by atoms with E-state index < -0.39 is 5.97 Å². The highest BCUT2D eigenvalue weighted by Crippen LogP contribution is 2.19. The molecule has 0 saturated carbocycles. The highest BCUT2D eigenvalue weighted by molar-refractivity contribution is 6.00. The number of aryl methyl sites for hydroxylation is 1. The number of aromatic nitrogens is 2. The van der Waals surface area contributed by atoms with E-state index >= 15 is 0 Å². The number of aromatic amines is 1. The molecule has 0 aromatic carbocycles. The van der Waals surface area contributed by atoms with E-state index in [9.17, 15) is 9.59 Å². The Bertz CT molecular complexity index is 735. The van der Waals surface area contributed by atoms with Crippen molar-refractivity contribution in [2.75, 3.05) is 13.7 Å². The Morgan fingerprint density at radius 1 is 1.29 bits per heavy atom. The van der Waals surface area contributed by atoms with Gasteiger partial charge in [0.05, 0.1) is 19.3 Å². The van der Waals surface area contributed by atoms with Crippen LogP contribution in [0, 0.1) is 13.8 Å². The van der Waals surface area contributed by atoms with Crippen LogP contribution in [0.5, 0.6) is 5.88 Å². The van der Waals surface area contributed by atoms with E-state index in [1.165, 1.54) is 0 Å². The van der Waals surface area contributed by atoms with Crippen LogP contribution in [-0.2, 0) is 11.3 Å². The zero-order valence-corrected chi connectivity index (χ0v) is 14.2. The number of hydrogen-bond acceptors (Lipinski definition) is 5. The van der Waals surface area contributed by atoms with E-state index in [0.717, 1.165) is 5.56 Å². The standard InChI is InChI=1S/C17H21N3O4/c1-5-24-17(22)14-10(2)15(20-11(14)3)16(21)19-9-12-6-7-13(23-4)18-8-12/h6-8,20H,5,9H2,1-4H3,(H,19,21). The molecule has 0 aliphatic heterocycles. The maximum absolute atomic E-state index is 12.4. The number of rotatable bonds is 6. The summed E-state index contributed by atoms with van der Waals surface area (Å²) in [5.74, 6) is -0.205. The van der Waals surface area contributed by atoms with E-state index in [-0.39, 0.29) is 12.5 Å². The van der Waals surface area contributed by atoms with Crippen LogP contribution in [0.25, 0.3) is 0 Å². The number of H-pyrrole nitrogens is 1. The zero-order chi connectivity index (χ0) is 17.7. The lowest BCUT2D eigenvalue weighted by molar-refractivity contribution is 0.0525. The molecule has 0 saturated heterocycles. The fourth-order valence-corrected chi connectivity index (χ4v) is 2.39. The molecule has 2 aromatic rings. The molecule has 2 N–H and O–H groups in total. The van der Waals surface area contributed by atoms with E-state index in [0.29, 0.717) is 34.9 Å². The van der Waals surface area contributed by atoms with Crippen molar-refractivity contribution in [2.45, 2.75) is 27.3 Å². The van der Waals surface area contributed by atoms with Gasteiger partial charge < -0.3 is 19.8 Å². The number of carbonyl (C=O) groups excluding carboxylic acids is 2. The van der Waals surface area contributed by atoms with Crippen LogP contribution in [0.4, 0.5) is 0 Å². The SMILES string of the molecule is CCOC(=O)c1c(C)[nH]c(C(=O)NCc2ccc(OC)nc2)c1C. The van der Waals surface area contributed by atoms with Gasteiger partial charge in [-0.1, -0.05) is 6.07 Å². The Morgan fingerprint density at radius 2 is 2.04 bits per heavy atom. The van der Waals surface area contributed by atoms with Crippen LogP contribution >= 0.6 is 0 Å². The van der Waals surface area contributed by atoms with Gasteiger partial charge in [0.15, 0.2) is 0 Å². The van der Waals surface area contributed by atoms with Crippen molar-refractivity contribution in [3.05, 3.63) is 46.4 Å². The maximum atomic E-state index is 12.4. The fraction of sp³-hybridized carbons (Fsp3) is 0.353. The smallest absolute Gasteiger partial charge is 0.340 e. The van der Waals surface area contributed by atoms with Crippen LogP contribution in [-0.4, -0.2) is 35.6 Å².